The van der Waals surface area contributed by atoms with Crippen LogP contribution in [0, 0.1) is 0 Å². The summed E-state index contributed by atoms with van der Waals surface area (Å²) in [5.74, 6) is 0.479. The number of amides is 1. The van der Waals surface area contributed by atoms with Gasteiger partial charge in [-0.3, -0.25) is 4.79 Å². The number of rotatable bonds is 7. The summed E-state index contributed by atoms with van der Waals surface area (Å²) in [4.78, 5) is 12.0. The molecule has 0 aliphatic rings. The van der Waals surface area contributed by atoms with Crippen LogP contribution in [-0.2, 0) is 17.6 Å². The number of carbonyl (C=O) groups is 1. The number of aryl methyl sites for hydroxylation is 1. The molecule has 2 rings (SSSR count). The summed E-state index contributed by atoms with van der Waals surface area (Å²) in [6.45, 7) is 0. The van der Waals surface area contributed by atoms with Crippen LogP contribution in [0.4, 0.5) is 0 Å². The number of halogens is 1. The van der Waals surface area contributed by atoms with Crippen molar-refractivity contribution in [3.05, 3.63) is 71.8 Å². The van der Waals surface area contributed by atoms with E-state index in [1.165, 1.54) is 11.1 Å². The van der Waals surface area contributed by atoms with Crippen molar-refractivity contribution in [1.82, 2.24) is 5.32 Å². The van der Waals surface area contributed by atoms with Crippen LogP contribution < -0.4 is 5.32 Å². The van der Waals surface area contributed by atoms with Crippen LogP contribution in [0.5, 0.6) is 0 Å². The zero-order valence-electron chi connectivity index (χ0n) is 12.0. The maximum absolute atomic E-state index is 12.0. The first kappa shape index (κ1) is 15.6. The Balaban J connectivity index is 1.80. The highest BCUT2D eigenvalue weighted by atomic mass is 35.5. The van der Waals surface area contributed by atoms with Crippen LogP contribution in [0.3, 0.4) is 0 Å². The number of alkyl halides is 1. The van der Waals surface area contributed by atoms with E-state index in [-0.39, 0.29) is 11.9 Å². The van der Waals surface area contributed by atoms with E-state index in [2.05, 4.69) is 17.4 Å². The second-order valence-electron chi connectivity index (χ2n) is 5.09. The lowest BCUT2D eigenvalue weighted by Gasteiger charge is -2.16. The van der Waals surface area contributed by atoms with E-state index in [0.29, 0.717) is 12.3 Å². The van der Waals surface area contributed by atoms with Gasteiger partial charge < -0.3 is 5.32 Å². The third-order valence-electron chi connectivity index (χ3n) is 3.36. The molecule has 2 nitrogen and oxygen atoms in total. The predicted octanol–water partition coefficient (Wildman–Crippen LogP) is 3.59. The van der Waals surface area contributed by atoms with Gasteiger partial charge in [-0.2, -0.15) is 0 Å². The van der Waals surface area contributed by atoms with Gasteiger partial charge in [0.2, 0.25) is 5.91 Å². The zero-order chi connectivity index (χ0) is 14.9. The Morgan fingerprint density at radius 3 is 2.10 bits per heavy atom. The lowest BCUT2D eigenvalue weighted by atomic mass is 10.1. The van der Waals surface area contributed by atoms with Gasteiger partial charge in [-0.15, -0.1) is 11.6 Å². The Labute approximate surface area is 131 Å². The first-order valence-electron chi connectivity index (χ1n) is 7.21. The highest BCUT2D eigenvalue weighted by molar-refractivity contribution is 6.18. The molecule has 2 aromatic carbocycles. The second kappa shape index (κ2) is 8.48. The van der Waals surface area contributed by atoms with Gasteiger partial charge in [0.1, 0.15) is 0 Å². The third kappa shape index (κ3) is 5.60. The van der Waals surface area contributed by atoms with Gasteiger partial charge in [-0.05, 0) is 24.0 Å². The lowest BCUT2D eigenvalue weighted by Crippen LogP contribution is -2.37. The second-order valence-corrected chi connectivity index (χ2v) is 5.40. The topological polar surface area (TPSA) is 29.1 Å². The van der Waals surface area contributed by atoms with Gasteiger partial charge in [-0.25, -0.2) is 0 Å². The maximum Gasteiger partial charge on any atom is 0.220 e. The first-order chi connectivity index (χ1) is 10.3. The van der Waals surface area contributed by atoms with E-state index in [1.54, 1.807) is 0 Å². The minimum Gasteiger partial charge on any atom is -0.352 e. The molecule has 0 fully saturated rings. The van der Waals surface area contributed by atoms with Crippen molar-refractivity contribution in [3.63, 3.8) is 0 Å². The molecule has 3 heteroatoms. The summed E-state index contributed by atoms with van der Waals surface area (Å²) < 4.78 is 0. The normalized spacial score (nSPS) is 11.9. The predicted molar refractivity (Wildman–Crippen MR) is 87.6 cm³/mol. The Kier molecular flexibility index (Phi) is 6.29. The zero-order valence-corrected chi connectivity index (χ0v) is 12.7. The molecule has 0 saturated heterocycles. The first-order valence-corrected chi connectivity index (χ1v) is 7.74. The Hall–Kier alpha value is -1.80. The SMILES string of the molecule is O=C(CCc1ccccc1)N[C@H](CCl)Cc1ccccc1. The lowest BCUT2D eigenvalue weighted by molar-refractivity contribution is -0.121. The number of nitrogens with one attached hydrogen (secondary N) is 1. The van der Waals surface area contributed by atoms with Gasteiger partial charge in [0, 0.05) is 18.3 Å². The van der Waals surface area contributed by atoms with Crippen molar-refractivity contribution in [1.29, 1.82) is 0 Å². The molecule has 1 N–H and O–H groups in total. The molecular formula is C18H20ClNO. The van der Waals surface area contributed by atoms with Gasteiger partial charge >= 0.3 is 0 Å². The molecule has 0 unspecified atom stereocenters. The van der Waals surface area contributed by atoms with E-state index >= 15 is 0 Å². The molecule has 0 bridgehead atoms. The highest BCUT2D eigenvalue weighted by Crippen LogP contribution is 2.06. The number of hydrogen-bond acceptors (Lipinski definition) is 1. The van der Waals surface area contributed by atoms with Crippen LogP contribution in [0.2, 0.25) is 0 Å². The Bertz CT molecular complexity index is 542. The molecule has 0 heterocycles. The number of carbonyl (C=O) groups excluding carboxylic acids is 1. The standard InChI is InChI=1S/C18H20ClNO/c19-14-17(13-16-9-5-2-6-10-16)20-18(21)12-11-15-7-3-1-4-8-15/h1-10,17H,11-14H2,(H,20,21)/t17-/m0/s1. The van der Waals surface area contributed by atoms with Gasteiger partial charge in [0.25, 0.3) is 0 Å². The minimum absolute atomic E-state index is 0.0164. The molecule has 2 aromatic rings. The van der Waals surface area contributed by atoms with Crippen LogP contribution in [0.15, 0.2) is 60.7 Å². The minimum atomic E-state index is -0.0164. The molecular weight excluding hydrogens is 282 g/mol. The van der Waals surface area contributed by atoms with E-state index in [0.717, 1.165) is 12.8 Å². The Morgan fingerprint density at radius 2 is 1.52 bits per heavy atom. The summed E-state index contributed by atoms with van der Waals surface area (Å²) in [5.41, 5.74) is 2.37. The van der Waals surface area contributed by atoms with Crippen molar-refractivity contribution in [2.75, 3.05) is 5.88 Å². The van der Waals surface area contributed by atoms with Crippen molar-refractivity contribution >= 4 is 17.5 Å². The molecule has 21 heavy (non-hydrogen) atoms. The van der Waals surface area contributed by atoms with Gasteiger partial charge in [-0.1, -0.05) is 60.7 Å². The Morgan fingerprint density at radius 1 is 0.952 bits per heavy atom. The molecule has 0 aliphatic carbocycles. The van der Waals surface area contributed by atoms with Crippen LogP contribution >= 0.6 is 11.6 Å². The third-order valence-corrected chi connectivity index (χ3v) is 3.73. The molecule has 0 aliphatic heterocycles. The van der Waals surface area contributed by atoms with Crippen LogP contribution in [0.1, 0.15) is 17.5 Å². The van der Waals surface area contributed by atoms with E-state index < -0.39 is 0 Å². The smallest absolute Gasteiger partial charge is 0.220 e. The number of benzene rings is 2. The summed E-state index contributed by atoms with van der Waals surface area (Å²) in [6, 6.07) is 20.1. The number of hydrogen-bond donors (Lipinski definition) is 1. The van der Waals surface area contributed by atoms with Gasteiger partial charge in [0.15, 0.2) is 0 Å². The summed E-state index contributed by atoms with van der Waals surface area (Å²) in [6.07, 6.45) is 2.01. The fraction of sp³-hybridized carbons (Fsp3) is 0.278. The molecule has 0 aromatic heterocycles. The van der Waals surface area contributed by atoms with E-state index in [9.17, 15) is 4.79 Å². The highest BCUT2D eigenvalue weighted by Gasteiger charge is 2.12. The van der Waals surface area contributed by atoms with Crippen molar-refractivity contribution < 1.29 is 4.79 Å². The summed E-state index contributed by atoms with van der Waals surface area (Å²) in [5, 5.41) is 3.01. The fourth-order valence-electron chi connectivity index (χ4n) is 2.25. The van der Waals surface area contributed by atoms with E-state index in [4.69, 9.17) is 11.6 Å². The van der Waals surface area contributed by atoms with Crippen molar-refractivity contribution in [2.45, 2.75) is 25.3 Å². The fourth-order valence-corrected chi connectivity index (χ4v) is 2.43. The maximum atomic E-state index is 12.0. The van der Waals surface area contributed by atoms with Crippen LogP contribution in [0.25, 0.3) is 0 Å². The van der Waals surface area contributed by atoms with Crippen molar-refractivity contribution in [2.24, 2.45) is 0 Å². The summed E-state index contributed by atoms with van der Waals surface area (Å²) >= 11 is 5.96. The molecule has 1 amide bonds. The van der Waals surface area contributed by atoms with Crippen LogP contribution in [-0.4, -0.2) is 17.8 Å². The quantitative estimate of drug-likeness (QED) is 0.778. The largest absolute Gasteiger partial charge is 0.352 e. The van der Waals surface area contributed by atoms with Gasteiger partial charge in [0.05, 0.1) is 0 Å². The molecule has 1 atom stereocenters. The van der Waals surface area contributed by atoms with Crippen molar-refractivity contribution in [3.8, 4) is 0 Å². The molecule has 0 spiro atoms. The average Bonchev–Trinajstić information content (AvgIpc) is 2.54. The average molecular weight is 302 g/mol. The molecule has 0 radical (unpaired) electrons. The monoisotopic (exact) mass is 301 g/mol. The summed E-state index contributed by atoms with van der Waals surface area (Å²) in [7, 11) is 0. The van der Waals surface area contributed by atoms with E-state index in [1.807, 2.05) is 48.5 Å². The molecule has 0 saturated carbocycles. The molecule has 110 valence electrons.